The molecule has 1 saturated carbocycles. The zero-order valence-corrected chi connectivity index (χ0v) is 31.8. The van der Waals surface area contributed by atoms with Crippen molar-refractivity contribution in [1.82, 2.24) is 9.62 Å². The molecule has 5 aliphatic rings. The number of likely N-dealkylation sites (N-methyl/N-ethyl adjacent to an activating group) is 1. The third-order valence-electron chi connectivity index (χ3n) is 12.7. The molecule has 50 heavy (non-hydrogen) atoms. The standard InChI is InChI=1S/C39H54ClN3O6S/c1-25-8-6-10-31(37-47-21-30(49-37)20-42(4)5)33-15-17-38(33,3)22-43-23-39(16-7-9-27-18-29(40)12-13-32(27)39)24-48-35-14-11-28(19-34(35)43)36(44)41-50(45,46)26(25)2/h11-14,18-19,25-26,30-31,33,37H,6-10,15-17,20-24H2,1-5H3,(H,41,44)/t25-,26+,30+,31-,33-,37+,38?,39-/m0/s1. The zero-order chi connectivity index (χ0) is 35.4. The Balaban J connectivity index is 1.29. The SMILES string of the molecule is C[C@@H]1[C@@H](C)CCC[C@H]([C@@H]2OC[C@@H](CN(C)C)O2)[C@@H]2CCC2(C)CN2C[C@@]3(CCCc4cc(Cl)ccc43)COc3ccc(cc32)C(=O)NS1(=O)=O. The minimum Gasteiger partial charge on any atom is -0.490 e. The normalized spacial score (nSPS) is 35.7. The maximum Gasteiger partial charge on any atom is 0.264 e. The molecular weight excluding hydrogens is 674 g/mol. The van der Waals surface area contributed by atoms with Crippen molar-refractivity contribution in [3.63, 3.8) is 0 Å². The topological polar surface area (TPSA) is 97.4 Å². The maximum atomic E-state index is 13.6. The van der Waals surface area contributed by atoms with Gasteiger partial charge in [-0.15, -0.1) is 0 Å². The number of nitrogens with one attached hydrogen (secondary N) is 1. The third-order valence-corrected chi connectivity index (χ3v) is 14.9. The molecule has 7 rings (SSSR count). The molecule has 2 bridgehead atoms. The van der Waals surface area contributed by atoms with Crippen LogP contribution in [0, 0.1) is 23.2 Å². The van der Waals surface area contributed by atoms with Crippen LogP contribution in [0.15, 0.2) is 36.4 Å². The van der Waals surface area contributed by atoms with Gasteiger partial charge in [0, 0.05) is 41.6 Å². The van der Waals surface area contributed by atoms with Gasteiger partial charge in [-0.05, 0) is 125 Å². The smallest absolute Gasteiger partial charge is 0.264 e. The Morgan fingerprint density at radius 1 is 1.04 bits per heavy atom. The number of hydrogen-bond acceptors (Lipinski definition) is 8. The van der Waals surface area contributed by atoms with E-state index in [2.05, 4.69) is 47.7 Å². The Kier molecular flexibility index (Phi) is 10.00. The van der Waals surface area contributed by atoms with E-state index in [1.54, 1.807) is 13.0 Å². The lowest BCUT2D eigenvalue weighted by atomic mass is 9.55. The molecule has 8 atom stereocenters. The van der Waals surface area contributed by atoms with E-state index in [1.807, 2.05) is 25.1 Å². The van der Waals surface area contributed by atoms with Crippen LogP contribution in [0.4, 0.5) is 5.69 Å². The summed E-state index contributed by atoms with van der Waals surface area (Å²) in [6.07, 6.45) is 7.41. The number of rotatable bonds is 3. The fraction of sp³-hybridized carbons (Fsp3) is 0.667. The second-order valence-corrected chi connectivity index (χ2v) is 19.0. The molecule has 274 valence electrons. The molecule has 11 heteroatoms. The van der Waals surface area contributed by atoms with E-state index in [9.17, 15) is 13.2 Å². The quantitative estimate of drug-likeness (QED) is 0.387. The molecular formula is C39H54ClN3O6S. The number of amides is 1. The summed E-state index contributed by atoms with van der Waals surface area (Å²) in [5.74, 6) is 0.533. The molecule has 2 aliphatic carbocycles. The number of fused-ring (bicyclic) bond motifs is 4. The predicted molar refractivity (Wildman–Crippen MR) is 197 cm³/mol. The van der Waals surface area contributed by atoms with E-state index < -0.39 is 21.2 Å². The number of anilines is 1. The molecule has 0 radical (unpaired) electrons. The van der Waals surface area contributed by atoms with E-state index in [-0.39, 0.29) is 35.1 Å². The van der Waals surface area contributed by atoms with Crippen LogP contribution in [0.5, 0.6) is 5.75 Å². The molecule has 1 unspecified atom stereocenters. The number of nitrogens with zero attached hydrogens (tertiary/aromatic N) is 2. The second kappa shape index (κ2) is 13.9. The lowest BCUT2D eigenvalue weighted by Gasteiger charge is -2.54. The number of ether oxygens (including phenoxy) is 3. The summed E-state index contributed by atoms with van der Waals surface area (Å²) >= 11 is 6.49. The maximum absolute atomic E-state index is 13.6. The summed E-state index contributed by atoms with van der Waals surface area (Å²) in [5, 5.41) is 0.0219. The summed E-state index contributed by atoms with van der Waals surface area (Å²) in [4.78, 5) is 18.2. The molecule has 1 amide bonds. The Morgan fingerprint density at radius 2 is 1.86 bits per heavy atom. The van der Waals surface area contributed by atoms with Crippen molar-refractivity contribution in [1.29, 1.82) is 0 Å². The van der Waals surface area contributed by atoms with Gasteiger partial charge in [-0.25, -0.2) is 13.1 Å². The zero-order valence-electron chi connectivity index (χ0n) is 30.3. The molecule has 3 heterocycles. The molecule has 2 aromatic carbocycles. The lowest BCUT2D eigenvalue weighted by molar-refractivity contribution is -0.150. The van der Waals surface area contributed by atoms with Gasteiger partial charge >= 0.3 is 0 Å². The molecule has 2 fully saturated rings. The fourth-order valence-electron chi connectivity index (χ4n) is 9.62. The van der Waals surface area contributed by atoms with Crippen molar-refractivity contribution in [2.75, 3.05) is 51.8 Å². The van der Waals surface area contributed by atoms with Crippen LogP contribution >= 0.6 is 11.6 Å². The number of aryl methyl sites for hydroxylation is 1. The minimum absolute atomic E-state index is 0.0298. The summed E-state index contributed by atoms with van der Waals surface area (Å²) in [7, 11) is 0.209. The number of carbonyl (C=O) groups is 1. The first-order chi connectivity index (χ1) is 23.8. The van der Waals surface area contributed by atoms with Gasteiger partial charge in [0.15, 0.2) is 6.29 Å². The summed E-state index contributed by atoms with van der Waals surface area (Å²) in [6, 6.07) is 11.7. The first-order valence-corrected chi connectivity index (χ1v) is 20.5. The number of hydrogen-bond donors (Lipinski definition) is 1. The van der Waals surface area contributed by atoms with E-state index in [0.29, 0.717) is 24.7 Å². The van der Waals surface area contributed by atoms with Crippen molar-refractivity contribution in [2.24, 2.45) is 23.2 Å². The van der Waals surface area contributed by atoms with Gasteiger partial charge in [0.2, 0.25) is 10.0 Å². The van der Waals surface area contributed by atoms with Crippen molar-refractivity contribution in [3.05, 3.63) is 58.1 Å². The monoisotopic (exact) mass is 727 g/mol. The highest BCUT2D eigenvalue weighted by molar-refractivity contribution is 7.90. The Bertz CT molecular complexity index is 1700. The van der Waals surface area contributed by atoms with Crippen LogP contribution in [-0.4, -0.2) is 83.8 Å². The Morgan fingerprint density at radius 3 is 2.62 bits per heavy atom. The van der Waals surface area contributed by atoms with E-state index in [4.69, 9.17) is 25.8 Å². The molecule has 1 saturated heterocycles. The average molecular weight is 728 g/mol. The molecule has 3 aliphatic heterocycles. The van der Waals surface area contributed by atoms with Gasteiger partial charge in [-0.1, -0.05) is 37.9 Å². The van der Waals surface area contributed by atoms with Crippen LogP contribution in [0.1, 0.15) is 87.2 Å². The summed E-state index contributed by atoms with van der Waals surface area (Å²) in [6.45, 7) is 9.51. The van der Waals surface area contributed by atoms with Gasteiger partial charge in [0.25, 0.3) is 5.91 Å². The number of carbonyl (C=O) groups excluding carboxylic acids is 1. The molecule has 1 spiro atoms. The van der Waals surface area contributed by atoms with E-state index >= 15 is 0 Å². The second-order valence-electron chi connectivity index (χ2n) is 16.5. The summed E-state index contributed by atoms with van der Waals surface area (Å²) < 4.78 is 49.2. The predicted octanol–water partition coefficient (Wildman–Crippen LogP) is 6.42. The van der Waals surface area contributed by atoms with Crippen LogP contribution in [-0.2, 0) is 31.3 Å². The van der Waals surface area contributed by atoms with Crippen LogP contribution in [0.2, 0.25) is 5.02 Å². The third kappa shape index (κ3) is 6.92. The van der Waals surface area contributed by atoms with Crippen molar-refractivity contribution < 1.29 is 27.4 Å². The van der Waals surface area contributed by atoms with Gasteiger partial charge in [0.1, 0.15) is 5.75 Å². The first kappa shape index (κ1) is 36.0. The molecule has 1 N–H and O–H groups in total. The van der Waals surface area contributed by atoms with Crippen LogP contribution in [0.25, 0.3) is 0 Å². The summed E-state index contributed by atoms with van der Waals surface area (Å²) in [5.41, 5.74) is 3.41. The molecule has 0 aromatic heterocycles. The van der Waals surface area contributed by atoms with Crippen molar-refractivity contribution in [3.8, 4) is 5.75 Å². The van der Waals surface area contributed by atoms with Crippen molar-refractivity contribution >= 4 is 33.2 Å². The molecule has 2 aromatic rings. The van der Waals surface area contributed by atoms with Gasteiger partial charge in [-0.2, -0.15) is 0 Å². The first-order valence-electron chi connectivity index (χ1n) is 18.6. The minimum atomic E-state index is -3.91. The van der Waals surface area contributed by atoms with Gasteiger partial charge < -0.3 is 24.0 Å². The number of benzene rings is 2. The fourth-order valence-corrected chi connectivity index (χ4v) is 11.1. The van der Waals surface area contributed by atoms with Crippen LogP contribution < -0.4 is 14.4 Å². The highest BCUT2D eigenvalue weighted by Gasteiger charge is 2.52. The highest BCUT2D eigenvalue weighted by Crippen LogP contribution is 2.55. The van der Waals surface area contributed by atoms with Crippen molar-refractivity contribution in [2.45, 2.75) is 95.2 Å². The largest absolute Gasteiger partial charge is 0.490 e. The number of halogens is 1. The Labute approximate surface area is 303 Å². The Hall–Kier alpha value is -2.37. The van der Waals surface area contributed by atoms with E-state index in [1.165, 1.54) is 11.1 Å². The molecule has 9 nitrogen and oxygen atoms in total. The van der Waals surface area contributed by atoms with E-state index in [0.717, 1.165) is 87.5 Å². The van der Waals surface area contributed by atoms with Gasteiger partial charge in [-0.3, -0.25) is 4.79 Å². The van der Waals surface area contributed by atoms with Gasteiger partial charge in [0.05, 0.1) is 30.3 Å². The number of sulfonamides is 1. The lowest BCUT2D eigenvalue weighted by Crippen LogP contribution is -2.54. The van der Waals surface area contributed by atoms with Crippen LogP contribution in [0.3, 0.4) is 0 Å². The average Bonchev–Trinajstić information content (AvgIpc) is 3.46. The highest BCUT2D eigenvalue weighted by atomic mass is 35.5.